The third kappa shape index (κ3) is 5.55. The molecule has 10 heteroatoms. The lowest BCUT2D eigenvalue weighted by atomic mass is 10.2. The summed E-state index contributed by atoms with van der Waals surface area (Å²) in [5, 5.41) is 5.84. The van der Waals surface area contributed by atoms with Gasteiger partial charge in [-0.25, -0.2) is 4.98 Å². The monoisotopic (exact) mass is 555 g/mol. The number of hydrogen-bond donors (Lipinski definition) is 2. The van der Waals surface area contributed by atoms with Crippen LogP contribution < -0.4 is 24.8 Å². The van der Waals surface area contributed by atoms with Crippen LogP contribution >= 0.6 is 28.1 Å². The maximum atomic E-state index is 12.6. The van der Waals surface area contributed by atoms with Crippen molar-refractivity contribution < 1.29 is 23.4 Å². The summed E-state index contributed by atoms with van der Waals surface area (Å²) in [5.74, 6) is 1.96. The van der Waals surface area contributed by atoms with Crippen molar-refractivity contribution in [3.63, 3.8) is 0 Å². The number of oxazole rings is 1. The molecule has 0 unspecified atom stereocenters. The molecule has 1 amide bonds. The third-order valence-electron chi connectivity index (χ3n) is 5.00. The van der Waals surface area contributed by atoms with Gasteiger partial charge in [-0.2, -0.15) is 0 Å². The van der Waals surface area contributed by atoms with Crippen LogP contribution in [0.3, 0.4) is 0 Å². The number of nitrogens with zero attached hydrogens (tertiary/aromatic N) is 1. The lowest BCUT2D eigenvalue weighted by molar-refractivity contribution is 0.0977. The number of amides is 1. The fourth-order valence-electron chi connectivity index (χ4n) is 3.35. The molecule has 4 rings (SSSR count). The molecule has 1 aromatic heterocycles. The van der Waals surface area contributed by atoms with Crippen LogP contribution in [-0.2, 0) is 0 Å². The number of anilines is 1. The van der Waals surface area contributed by atoms with Crippen molar-refractivity contribution in [2.75, 3.05) is 26.1 Å². The van der Waals surface area contributed by atoms with E-state index in [1.165, 1.54) is 0 Å². The molecule has 2 N–H and O–H groups in total. The van der Waals surface area contributed by atoms with Gasteiger partial charge in [-0.05, 0) is 89.7 Å². The number of methoxy groups -OCH3 is 2. The molecular weight excluding hydrogens is 534 g/mol. The molecule has 0 saturated carbocycles. The average molecular weight is 556 g/mol. The Morgan fingerprint density at radius 2 is 1.80 bits per heavy atom. The lowest BCUT2D eigenvalue weighted by Crippen LogP contribution is -2.34. The van der Waals surface area contributed by atoms with Crippen molar-refractivity contribution in [2.24, 2.45) is 0 Å². The second-order valence-corrected chi connectivity index (χ2v) is 8.52. The van der Waals surface area contributed by atoms with E-state index in [0.717, 1.165) is 5.56 Å². The Labute approximate surface area is 215 Å². The Morgan fingerprint density at radius 3 is 2.51 bits per heavy atom. The van der Waals surface area contributed by atoms with Crippen molar-refractivity contribution in [3.8, 4) is 28.7 Å². The highest BCUT2D eigenvalue weighted by molar-refractivity contribution is 9.10. The molecule has 0 atom stereocenters. The number of ether oxygens (including phenoxy) is 3. The summed E-state index contributed by atoms with van der Waals surface area (Å²) in [5.41, 5.74) is 3.08. The molecule has 4 aromatic rings. The summed E-state index contributed by atoms with van der Waals surface area (Å²) in [7, 11) is 3.15. The minimum atomic E-state index is -0.343. The predicted molar refractivity (Wildman–Crippen MR) is 142 cm³/mol. The van der Waals surface area contributed by atoms with Crippen LogP contribution in [0.25, 0.3) is 22.6 Å². The number of aromatic nitrogens is 1. The van der Waals surface area contributed by atoms with Crippen LogP contribution in [0.15, 0.2) is 63.5 Å². The first-order valence-electron chi connectivity index (χ1n) is 10.6. The van der Waals surface area contributed by atoms with Crippen molar-refractivity contribution in [1.82, 2.24) is 10.3 Å². The number of benzene rings is 3. The number of rotatable bonds is 7. The van der Waals surface area contributed by atoms with Crippen LogP contribution in [0.5, 0.6) is 17.2 Å². The smallest absolute Gasteiger partial charge is 0.257 e. The van der Waals surface area contributed by atoms with E-state index in [-0.39, 0.29) is 11.0 Å². The van der Waals surface area contributed by atoms with Gasteiger partial charge in [0.15, 0.2) is 22.2 Å². The van der Waals surface area contributed by atoms with Gasteiger partial charge in [0, 0.05) is 16.8 Å². The van der Waals surface area contributed by atoms with Crippen molar-refractivity contribution in [3.05, 3.63) is 64.6 Å². The Bertz CT molecular complexity index is 1410. The van der Waals surface area contributed by atoms with Crippen LogP contribution in [0, 0.1) is 0 Å². The number of hydrogen-bond acceptors (Lipinski definition) is 7. The van der Waals surface area contributed by atoms with Gasteiger partial charge in [0.2, 0.25) is 5.89 Å². The molecule has 8 nitrogen and oxygen atoms in total. The Balaban J connectivity index is 1.46. The van der Waals surface area contributed by atoms with Crippen molar-refractivity contribution in [2.45, 2.75) is 6.92 Å². The van der Waals surface area contributed by atoms with E-state index < -0.39 is 0 Å². The molecule has 0 aliphatic carbocycles. The molecule has 3 aromatic carbocycles. The molecule has 0 fully saturated rings. The number of carbonyl (C=O) groups is 1. The van der Waals surface area contributed by atoms with E-state index in [1.54, 1.807) is 62.8 Å². The van der Waals surface area contributed by atoms with E-state index in [9.17, 15) is 4.79 Å². The standard InChI is InChI=1S/C25H22BrN3O5S/c1-4-33-19-8-5-14(11-17(19)26)23(30)29-25(35)27-16-7-10-20-18(13-16)28-24(34-20)15-6-9-21(31-2)22(12-15)32-3/h5-13H,4H2,1-3H3,(H2,27,29,30,35). The first-order chi connectivity index (χ1) is 16.9. The molecule has 0 aliphatic rings. The molecule has 0 spiro atoms. The van der Waals surface area contributed by atoms with Crippen molar-refractivity contribution >= 4 is 56.0 Å². The quantitative estimate of drug-likeness (QED) is 0.276. The van der Waals surface area contributed by atoms with E-state index in [2.05, 4.69) is 31.5 Å². The van der Waals surface area contributed by atoms with Crippen LogP contribution in [0.4, 0.5) is 5.69 Å². The predicted octanol–water partition coefficient (Wildman–Crippen LogP) is 5.80. The summed E-state index contributed by atoms with van der Waals surface area (Å²) in [6.07, 6.45) is 0. The lowest BCUT2D eigenvalue weighted by Gasteiger charge is -2.11. The largest absolute Gasteiger partial charge is 0.493 e. The maximum absolute atomic E-state index is 12.6. The van der Waals surface area contributed by atoms with Gasteiger partial charge in [-0.15, -0.1) is 0 Å². The summed E-state index contributed by atoms with van der Waals surface area (Å²) in [4.78, 5) is 17.2. The molecule has 35 heavy (non-hydrogen) atoms. The van der Waals surface area contributed by atoms with Crippen LogP contribution in [0.2, 0.25) is 0 Å². The normalized spacial score (nSPS) is 10.6. The van der Waals surface area contributed by atoms with Gasteiger partial charge in [-0.1, -0.05) is 0 Å². The Hall–Kier alpha value is -3.63. The van der Waals surface area contributed by atoms with E-state index in [1.807, 2.05) is 13.0 Å². The third-order valence-corrected chi connectivity index (χ3v) is 5.82. The zero-order chi connectivity index (χ0) is 24.9. The topological polar surface area (TPSA) is 94.9 Å². The average Bonchev–Trinajstić information content (AvgIpc) is 3.28. The summed E-state index contributed by atoms with van der Waals surface area (Å²) in [6.45, 7) is 2.43. The van der Waals surface area contributed by atoms with E-state index in [0.29, 0.717) is 56.6 Å². The zero-order valence-electron chi connectivity index (χ0n) is 19.2. The highest BCUT2D eigenvalue weighted by Crippen LogP contribution is 2.33. The minimum absolute atomic E-state index is 0.156. The molecule has 1 heterocycles. The maximum Gasteiger partial charge on any atom is 0.257 e. The van der Waals surface area contributed by atoms with E-state index >= 15 is 0 Å². The minimum Gasteiger partial charge on any atom is -0.493 e. The van der Waals surface area contributed by atoms with Crippen LogP contribution in [-0.4, -0.2) is 36.8 Å². The fourth-order valence-corrected chi connectivity index (χ4v) is 4.05. The summed E-state index contributed by atoms with van der Waals surface area (Å²) in [6, 6.07) is 15.9. The van der Waals surface area contributed by atoms with Crippen LogP contribution in [0.1, 0.15) is 17.3 Å². The fraction of sp³-hybridized carbons (Fsp3) is 0.160. The highest BCUT2D eigenvalue weighted by Gasteiger charge is 2.14. The number of halogens is 1. The highest BCUT2D eigenvalue weighted by atomic mass is 79.9. The Morgan fingerprint density at radius 1 is 1.03 bits per heavy atom. The molecule has 0 bridgehead atoms. The van der Waals surface area contributed by atoms with E-state index in [4.69, 9.17) is 30.8 Å². The van der Waals surface area contributed by atoms with Gasteiger partial charge in [0.25, 0.3) is 5.91 Å². The number of fused-ring (bicyclic) bond motifs is 1. The molecule has 0 aliphatic heterocycles. The number of thiocarbonyl (C=S) groups is 1. The second-order valence-electron chi connectivity index (χ2n) is 7.26. The van der Waals surface area contributed by atoms with Gasteiger partial charge in [0.1, 0.15) is 11.3 Å². The van der Waals surface area contributed by atoms with Gasteiger partial charge in [0.05, 0.1) is 25.3 Å². The second kappa shape index (κ2) is 10.7. The molecule has 0 radical (unpaired) electrons. The molecule has 180 valence electrons. The zero-order valence-corrected chi connectivity index (χ0v) is 21.6. The molecular formula is C25H22BrN3O5S. The first kappa shape index (κ1) is 24.5. The summed E-state index contributed by atoms with van der Waals surface area (Å²) >= 11 is 8.73. The summed E-state index contributed by atoms with van der Waals surface area (Å²) < 4.78 is 22.7. The number of carbonyl (C=O) groups excluding carboxylic acids is 1. The van der Waals surface area contributed by atoms with Gasteiger partial charge >= 0.3 is 0 Å². The van der Waals surface area contributed by atoms with Gasteiger partial charge < -0.3 is 23.9 Å². The van der Waals surface area contributed by atoms with Crippen molar-refractivity contribution in [1.29, 1.82) is 0 Å². The Kier molecular flexibility index (Phi) is 7.52. The first-order valence-corrected chi connectivity index (χ1v) is 11.8. The van der Waals surface area contributed by atoms with Gasteiger partial charge in [-0.3, -0.25) is 10.1 Å². The molecule has 0 saturated heterocycles. The SMILES string of the molecule is CCOc1ccc(C(=O)NC(=S)Nc2ccc3oc(-c4ccc(OC)c(OC)c4)nc3c2)cc1Br. The number of nitrogens with one attached hydrogen (secondary N) is 2.